The molecule has 0 aliphatic carbocycles. The zero-order valence-electron chi connectivity index (χ0n) is 20.9. The minimum Gasteiger partial charge on any atom is -0.391 e. The first-order valence-corrected chi connectivity index (χ1v) is 12.1. The van der Waals surface area contributed by atoms with Crippen LogP contribution in [0.5, 0.6) is 0 Å². The number of aromatic nitrogens is 2. The first kappa shape index (κ1) is 26.2. The van der Waals surface area contributed by atoms with Gasteiger partial charge >= 0.3 is 6.03 Å². The van der Waals surface area contributed by atoms with E-state index in [1.807, 2.05) is 32.7 Å². The van der Waals surface area contributed by atoms with E-state index in [0.29, 0.717) is 56.2 Å². The number of carbonyl (C=O) groups is 2. The number of carbonyl (C=O) groups excluding carboxylic acids is 2. The van der Waals surface area contributed by atoms with E-state index in [-0.39, 0.29) is 23.7 Å². The Balaban J connectivity index is 1.70. The van der Waals surface area contributed by atoms with Crippen molar-refractivity contribution in [3.8, 4) is 11.3 Å². The number of piperidine rings is 1. The Bertz CT molecular complexity index is 1180. The van der Waals surface area contributed by atoms with Crippen LogP contribution in [0.25, 0.3) is 11.3 Å². The fraction of sp³-hybridized carbons (Fsp3) is 0.560. The number of amides is 2. The second-order valence-corrected chi connectivity index (χ2v) is 10.7. The van der Waals surface area contributed by atoms with Gasteiger partial charge in [0.1, 0.15) is 17.6 Å². The molecule has 196 valence electrons. The van der Waals surface area contributed by atoms with Gasteiger partial charge in [-0.15, -0.1) is 0 Å². The van der Waals surface area contributed by atoms with Crippen molar-refractivity contribution in [3.63, 3.8) is 0 Å². The van der Waals surface area contributed by atoms with Crippen LogP contribution in [0, 0.1) is 22.9 Å². The molecule has 4 rings (SSSR count). The fourth-order valence-electron chi connectivity index (χ4n) is 4.81. The number of rotatable bonds is 3. The lowest BCUT2D eigenvalue weighted by atomic mass is 9.85. The van der Waals surface area contributed by atoms with Crippen LogP contribution in [0.4, 0.5) is 18.0 Å². The molecule has 1 aromatic carbocycles. The third kappa shape index (κ3) is 5.12. The van der Waals surface area contributed by atoms with Crippen LogP contribution >= 0.6 is 0 Å². The van der Waals surface area contributed by atoms with E-state index >= 15 is 0 Å². The third-order valence-corrected chi connectivity index (χ3v) is 6.79. The molecule has 0 bridgehead atoms. The molecule has 0 spiro atoms. The van der Waals surface area contributed by atoms with E-state index < -0.39 is 41.0 Å². The predicted molar refractivity (Wildman–Crippen MR) is 127 cm³/mol. The van der Waals surface area contributed by atoms with Crippen molar-refractivity contribution < 1.29 is 27.9 Å². The van der Waals surface area contributed by atoms with Gasteiger partial charge in [0.15, 0.2) is 11.6 Å². The quantitative estimate of drug-likeness (QED) is 0.624. The highest BCUT2D eigenvalue weighted by atomic mass is 19.2. The molecule has 1 aromatic heterocycles. The lowest BCUT2D eigenvalue weighted by Crippen LogP contribution is -2.57. The summed E-state index contributed by atoms with van der Waals surface area (Å²) in [7, 11) is 1.85. The van der Waals surface area contributed by atoms with Crippen molar-refractivity contribution in [2.45, 2.75) is 58.7 Å². The van der Waals surface area contributed by atoms with Gasteiger partial charge in [-0.25, -0.2) is 18.0 Å². The molecule has 8 nitrogen and oxygen atoms in total. The molecule has 1 fully saturated rings. The molecule has 0 radical (unpaired) electrons. The summed E-state index contributed by atoms with van der Waals surface area (Å²) in [6.07, 6.45) is 1.10. The number of likely N-dealkylation sites (tertiary alicyclic amines) is 1. The van der Waals surface area contributed by atoms with E-state index in [9.17, 15) is 27.9 Å². The summed E-state index contributed by atoms with van der Waals surface area (Å²) in [6.45, 7) is 7.11. The first-order chi connectivity index (χ1) is 16.9. The first-order valence-electron chi connectivity index (χ1n) is 12.1. The van der Waals surface area contributed by atoms with E-state index in [1.165, 1.54) is 0 Å². The van der Waals surface area contributed by atoms with Crippen LogP contribution in [0.2, 0.25) is 0 Å². The number of nitrogens with one attached hydrogen (secondary N) is 1. The smallest absolute Gasteiger partial charge is 0.343 e. The zero-order chi connectivity index (χ0) is 26.4. The average Bonchev–Trinajstić information content (AvgIpc) is 3.17. The summed E-state index contributed by atoms with van der Waals surface area (Å²) in [5, 5.41) is 17.1. The number of aliphatic hydroxyl groups is 1. The number of likely N-dealkylation sites (N-methyl/N-ethyl adjacent to an activating group) is 1. The van der Waals surface area contributed by atoms with E-state index in [2.05, 4.69) is 10.4 Å². The summed E-state index contributed by atoms with van der Waals surface area (Å²) >= 11 is 0. The topological polar surface area (TPSA) is 90.7 Å². The number of fused-ring (bicyclic) bond motifs is 1. The van der Waals surface area contributed by atoms with Crippen LogP contribution in [-0.4, -0.2) is 75.5 Å². The summed E-state index contributed by atoms with van der Waals surface area (Å²) in [6, 6.07) is -0.377. The fourth-order valence-corrected chi connectivity index (χ4v) is 4.81. The number of benzene rings is 1. The monoisotopic (exact) mass is 507 g/mol. The molecule has 2 atom stereocenters. The summed E-state index contributed by atoms with van der Waals surface area (Å²) in [5.74, 6) is -3.82. The van der Waals surface area contributed by atoms with Gasteiger partial charge in [0.2, 0.25) is 5.91 Å². The highest BCUT2D eigenvalue weighted by Gasteiger charge is 2.38. The summed E-state index contributed by atoms with van der Waals surface area (Å²) < 4.78 is 43.3. The molecular formula is C25H32F3N5O3. The molecule has 2 aliphatic rings. The van der Waals surface area contributed by atoms with Crippen molar-refractivity contribution >= 4 is 11.9 Å². The third-order valence-electron chi connectivity index (χ3n) is 6.79. The highest BCUT2D eigenvalue weighted by molar-refractivity contribution is 5.89. The van der Waals surface area contributed by atoms with Gasteiger partial charge < -0.3 is 20.2 Å². The van der Waals surface area contributed by atoms with Crippen LogP contribution in [0.3, 0.4) is 0 Å². The van der Waals surface area contributed by atoms with Gasteiger partial charge in [0.25, 0.3) is 0 Å². The molecule has 1 saturated heterocycles. The van der Waals surface area contributed by atoms with Crippen molar-refractivity contribution in [2.24, 2.45) is 5.41 Å². The maximum Gasteiger partial charge on any atom is 0.343 e. The normalized spacial score (nSPS) is 19.7. The zero-order valence-corrected chi connectivity index (χ0v) is 20.9. The maximum absolute atomic E-state index is 14.7. The molecule has 2 aliphatic heterocycles. The maximum atomic E-state index is 14.7. The number of aliphatic hydroxyl groups excluding tert-OH is 1. The summed E-state index contributed by atoms with van der Waals surface area (Å²) in [5.41, 5.74) is 0.232. The van der Waals surface area contributed by atoms with E-state index in [4.69, 9.17) is 0 Å². The van der Waals surface area contributed by atoms with Gasteiger partial charge in [-0.3, -0.25) is 4.79 Å². The molecule has 11 heteroatoms. The standard InChI is InChI=1S/C25H32F3N5O3/c1-25(2,3)22(23(35)32-8-5-6-14(34)12-32)29-24(36)33-20-7-9-31(4)13-16(20)21(30-33)15-10-18(27)19(28)11-17(15)26/h10-11,14,22,34H,5-9,12-13H2,1-4H3,(H,29,36)/t14-,22+/m0/s1. The molecule has 0 saturated carbocycles. The number of nitrogens with zero attached hydrogens (tertiary/aromatic N) is 4. The van der Waals surface area contributed by atoms with Gasteiger partial charge in [-0.1, -0.05) is 20.8 Å². The Morgan fingerprint density at radius 3 is 2.50 bits per heavy atom. The van der Waals surface area contributed by atoms with Crippen LogP contribution in [0.1, 0.15) is 44.9 Å². The van der Waals surface area contributed by atoms with Gasteiger partial charge in [0.05, 0.1) is 11.8 Å². The van der Waals surface area contributed by atoms with E-state index in [0.717, 1.165) is 10.7 Å². The number of hydrogen-bond acceptors (Lipinski definition) is 5. The van der Waals surface area contributed by atoms with Gasteiger partial charge in [0, 0.05) is 49.8 Å². The van der Waals surface area contributed by atoms with Crippen LogP contribution in [-0.2, 0) is 17.8 Å². The Morgan fingerprint density at radius 2 is 1.83 bits per heavy atom. The van der Waals surface area contributed by atoms with Crippen molar-refractivity contribution in [1.82, 2.24) is 24.9 Å². The number of β-amino-alcohol motifs (C(OH)–C–C–N with tert-alkyl or cyclic N) is 1. The van der Waals surface area contributed by atoms with Crippen LogP contribution < -0.4 is 5.32 Å². The van der Waals surface area contributed by atoms with Crippen molar-refractivity contribution in [1.29, 1.82) is 0 Å². The molecule has 2 aromatic rings. The average molecular weight is 508 g/mol. The van der Waals surface area contributed by atoms with Crippen molar-refractivity contribution in [3.05, 3.63) is 40.8 Å². The molecule has 3 heterocycles. The molecule has 2 amide bonds. The summed E-state index contributed by atoms with van der Waals surface area (Å²) in [4.78, 5) is 30.4. The lowest BCUT2D eigenvalue weighted by Gasteiger charge is -2.37. The van der Waals surface area contributed by atoms with Gasteiger partial charge in [-0.05, 0) is 31.4 Å². The minimum atomic E-state index is -1.31. The largest absolute Gasteiger partial charge is 0.391 e. The van der Waals surface area contributed by atoms with Gasteiger partial charge in [-0.2, -0.15) is 9.78 Å². The Hall–Kier alpha value is -2.92. The highest BCUT2D eigenvalue weighted by Crippen LogP contribution is 2.32. The molecule has 36 heavy (non-hydrogen) atoms. The second-order valence-electron chi connectivity index (χ2n) is 10.7. The number of halogens is 3. The van der Waals surface area contributed by atoms with E-state index in [1.54, 1.807) is 4.90 Å². The second kappa shape index (κ2) is 9.85. The number of hydrogen-bond donors (Lipinski definition) is 2. The Labute approximate surface area is 208 Å². The Kier molecular flexibility index (Phi) is 7.16. The molecule has 2 N–H and O–H groups in total. The predicted octanol–water partition coefficient (Wildman–Crippen LogP) is 2.91. The van der Waals surface area contributed by atoms with Crippen molar-refractivity contribution in [2.75, 3.05) is 26.7 Å². The minimum absolute atomic E-state index is 0.0564. The lowest BCUT2D eigenvalue weighted by molar-refractivity contribution is -0.138. The molecule has 0 unspecified atom stereocenters. The van der Waals surface area contributed by atoms with Crippen LogP contribution in [0.15, 0.2) is 12.1 Å². The SMILES string of the molecule is CN1CCc2c(c(-c3cc(F)c(F)cc3F)nn2C(=O)N[C@H](C(=O)N2CCC[C@H](O)C2)C(C)(C)C)C1. The Morgan fingerprint density at radius 1 is 1.14 bits per heavy atom. The molecular weight excluding hydrogens is 475 g/mol.